The Morgan fingerprint density at radius 2 is 2.36 bits per heavy atom. The van der Waals surface area contributed by atoms with Crippen LogP contribution >= 0.6 is 0 Å². The molecule has 1 N–H and O–H groups in total. The van der Waals surface area contributed by atoms with Crippen LogP contribution in [0.2, 0.25) is 0 Å². The van der Waals surface area contributed by atoms with Crippen molar-refractivity contribution in [2.45, 2.75) is 26.2 Å². The molecule has 2 heteroatoms. The average molecular weight is 155 g/mol. The summed E-state index contributed by atoms with van der Waals surface area (Å²) in [5, 5.41) is 2.65. The van der Waals surface area contributed by atoms with Crippen LogP contribution in [-0.4, -0.2) is 13.0 Å². The smallest absolute Gasteiger partial charge is 0.223 e. The molecule has 2 nitrogen and oxygen atoms in total. The minimum absolute atomic E-state index is 0.127. The summed E-state index contributed by atoms with van der Waals surface area (Å²) in [6.07, 6.45) is 4.58. The van der Waals surface area contributed by atoms with E-state index < -0.39 is 0 Å². The van der Waals surface area contributed by atoms with E-state index in [1.807, 2.05) is 0 Å². The van der Waals surface area contributed by atoms with Gasteiger partial charge in [-0.05, 0) is 12.8 Å². The number of rotatable bonds is 5. The fraction of sp³-hybridized carbons (Fsp3) is 0.667. The van der Waals surface area contributed by atoms with Crippen LogP contribution < -0.4 is 5.32 Å². The van der Waals surface area contributed by atoms with Gasteiger partial charge in [0.1, 0.15) is 0 Å². The summed E-state index contributed by atoms with van der Waals surface area (Å²) in [5.41, 5.74) is 0. The molecule has 0 saturated heterocycles. The lowest BCUT2D eigenvalue weighted by atomic mass is 9.99. The molecule has 11 heavy (non-hydrogen) atoms. The van der Waals surface area contributed by atoms with Gasteiger partial charge in [-0.2, -0.15) is 0 Å². The monoisotopic (exact) mass is 155 g/mol. The fourth-order valence-corrected chi connectivity index (χ4v) is 1.11. The molecule has 0 fully saturated rings. The molecule has 0 heterocycles. The molecule has 0 aliphatic heterocycles. The first kappa shape index (κ1) is 10.2. The molecule has 0 aromatic rings. The minimum Gasteiger partial charge on any atom is -0.359 e. The van der Waals surface area contributed by atoms with Gasteiger partial charge >= 0.3 is 0 Å². The molecule has 0 unspecified atom stereocenters. The first-order chi connectivity index (χ1) is 5.26. The molecule has 1 amide bonds. The maximum absolute atomic E-state index is 11.1. The number of amides is 1. The molecule has 0 rings (SSSR count). The number of hydrogen-bond acceptors (Lipinski definition) is 1. The van der Waals surface area contributed by atoms with Gasteiger partial charge in [-0.1, -0.05) is 19.4 Å². The van der Waals surface area contributed by atoms with Crippen LogP contribution in [0.4, 0.5) is 0 Å². The van der Waals surface area contributed by atoms with Gasteiger partial charge in [-0.25, -0.2) is 0 Å². The van der Waals surface area contributed by atoms with E-state index in [2.05, 4.69) is 18.8 Å². The Hall–Kier alpha value is -0.790. The van der Waals surface area contributed by atoms with Crippen LogP contribution in [0, 0.1) is 5.92 Å². The van der Waals surface area contributed by atoms with E-state index in [0.29, 0.717) is 0 Å². The van der Waals surface area contributed by atoms with Gasteiger partial charge < -0.3 is 5.32 Å². The van der Waals surface area contributed by atoms with Gasteiger partial charge in [0.25, 0.3) is 0 Å². The average Bonchev–Trinajstić information content (AvgIpc) is 2.03. The number of hydrogen-bond donors (Lipinski definition) is 1. The quantitative estimate of drug-likeness (QED) is 0.602. The standard InChI is InChI=1S/C9H17NO/c1-4-6-8(7-5-2)9(11)10-3/h4,8H,1,5-7H2,2-3H3,(H,10,11)/t8-/m0/s1. The van der Waals surface area contributed by atoms with E-state index in [0.717, 1.165) is 19.3 Å². The van der Waals surface area contributed by atoms with Crippen molar-refractivity contribution in [3.8, 4) is 0 Å². The third kappa shape index (κ3) is 3.81. The Balaban J connectivity index is 3.86. The highest BCUT2D eigenvalue weighted by Crippen LogP contribution is 2.11. The summed E-state index contributed by atoms with van der Waals surface area (Å²) < 4.78 is 0. The second-order valence-corrected chi connectivity index (χ2v) is 2.62. The second-order valence-electron chi connectivity index (χ2n) is 2.62. The molecule has 0 aliphatic carbocycles. The Labute approximate surface area is 68.7 Å². The Bertz CT molecular complexity index is 132. The summed E-state index contributed by atoms with van der Waals surface area (Å²) in [6.45, 7) is 5.70. The molecule has 0 spiro atoms. The molecule has 0 radical (unpaired) electrons. The number of carbonyl (C=O) groups is 1. The Kier molecular flexibility index (Phi) is 5.53. The summed E-state index contributed by atoms with van der Waals surface area (Å²) >= 11 is 0. The molecule has 0 aliphatic rings. The third-order valence-corrected chi connectivity index (χ3v) is 1.71. The number of allylic oxidation sites excluding steroid dienone is 1. The van der Waals surface area contributed by atoms with Crippen molar-refractivity contribution in [1.82, 2.24) is 5.32 Å². The normalized spacial score (nSPS) is 12.2. The van der Waals surface area contributed by atoms with Crippen LogP contribution in [0.5, 0.6) is 0 Å². The van der Waals surface area contributed by atoms with Crippen molar-refractivity contribution in [3.63, 3.8) is 0 Å². The van der Waals surface area contributed by atoms with Crippen molar-refractivity contribution in [2.75, 3.05) is 7.05 Å². The SMILES string of the molecule is C=CC[C@@H](CCC)C(=O)NC. The molecular weight excluding hydrogens is 138 g/mol. The lowest BCUT2D eigenvalue weighted by molar-refractivity contribution is -0.124. The third-order valence-electron chi connectivity index (χ3n) is 1.71. The number of carbonyl (C=O) groups excluding carboxylic acids is 1. The van der Waals surface area contributed by atoms with Gasteiger partial charge in [-0.15, -0.1) is 6.58 Å². The lowest BCUT2D eigenvalue weighted by Gasteiger charge is -2.11. The van der Waals surface area contributed by atoms with E-state index in [-0.39, 0.29) is 11.8 Å². The molecular formula is C9H17NO. The van der Waals surface area contributed by atoms with Crippen LogP contribution in [0.15, 0.2) is 12.7 Å². The van der Waals surface area contributed by atoms with Crippen molar-refractivity contribution in [1.29, 1.82) is 0 Å². The van der Waals surface area contributed by atoms with Gasteiger partial charge in [0.05, 0.1) is 0 Å². The zero-order chi connectivity index (χ0) is 8.69. The first-order valence-electron chi connectivity index (χ1n) is 4.08. The van der Waals surface area contributed by atoms with Crippen LogP contribution in [-0.2, 0) is 4.79 Å². The summed E-state index contributed by atoms with van der Waals surface area (Å²) in [5.74, 6) is 0.259. The van der Waals surface area contributed by atoms with E-state index in [9.17, 15) is 4.79 Å². The van der Waals surface area contributed by atoms with E-state index in [1.165, 1.54) is 0 Å². The molecule has 0 bridgehead atoms. The topological polar surface area (TPSA) is 29.1 Å². The highest BCUT2D eigenvalue weighted by molar-refractivity contribution is 5.78. The Morgan fingerprint density at radius 3 is 2.73 bits per heavy atom. The zero-order valence-electron chi connectivity index (χ0n) is 7.39. The van der Waals surface area contributed by atoms with Crippen LogP contribution in [0.3, 0.4) is 0 Å². The Morgan fingerprint density at radius 1 is 1.73 bits per heavy atom. The number of nitrogens with one attached hydrogen (secondary N) is 1. The van der Waals surface area contributed by atoms with Crippen molar-refractivity contribution < 1.29 is 4.79 Å². The molecule has 1 atom stereocenters. The molecule has 0 aromatic heterocycles. The van der Waals surface area contributed by atoms with E-state index in [1.54, 1.807) is 13.1 Å². The summed E-state index contributed by atoms with van der Waals surface area (Å²) in [7, 11) is 1.67. The lowest BCUT2D eigenvalue weighted by Crippen LogP contribution is -2.26. The van der Waals surface area contributed by atoms with Crippen LogP contribution in [0.25, 0.3) is 0 Å². The summed E-state index contributed by atoms with van der Waals surface area (Å²) in [4.78, 5) is 11.1. The van der Waals surface area contributed by atoms with Gasteiger partial charge in [0.15, 0.2) is 0 Å². The maximum Gasteiger partial charge on any atom is 0.223 e. The van der Waals surface area contributed by atoms with E-state index in [4.69, 9.17) is 0 Å². The van der Waals surface area contributed by atoms with Gasteiger partial charge in [0.2, 0.25) is 5.91 Å². The van der Waals surface area contributed by atoms with Crippen molar-refractivity contribution in [3.05, 3.63) is 12.7 Å². The maximum atomic E-state index is 11.1. The molecule has 64 valence electrons. The highest BCUT2D eigenvalue weighted by atomic mass is 16.1. The first-order valence-corrected chi connectivity index (χ1v) is 4.08. The molecule has 0 aromatic carbocycles. The van der Waals surface area contributed by atoms with E-state index >= 15 is 0 Å². The largest absolute Gasteiger partial charge is 0.359 e. The predicted octanol–water partition coefficient (Wildman–Crippen LogP) is 1.72. The predicted molar refractivity (Wildman–Crippen MR) is 47.3 cm³/mol. The van der Waals surface area contributed by atoms with Crippen molar-refractivity contribution >= 4 is 5.91 Å². The fourth-order valence-electron chi connectivity index (χ4n) is 1.11. The van der Waals surface area contributed by atoms with Crippen LogP contribution in [0.1, 0.15) is 26.2 Å². The van der Waals surface area contributed by atoms with Crippen molar-refractivity contribution in [2.24, 2.45) is 5.92 Å². The summed E-state index contributed by atoms with van der Waals surface area (Å²) in [6, 6.07) is 0. The second kappa shape index (κ2) is 5.96. The minimum atomic E-state index is 0.127. The zero-order valence-corrected chi connectivity index (χ0v) is 7.39. The molecule has 0 saturated carbocycles. The van der Waals surface area contributed by atoms with Gasteiger partial charge in [-0.3, -0.25) is 4.79 Å². The van der Waals surface area contributed by atoms with Gasteiger partial charge in [0, 0.05) is 13.0 Å². The highest BCUT2D eigenvalue weighted by Gasteiger charge is 2.13.